The molecule has 2 atom stereocenters. The second-order valence-corrected chi connectivity index (χ2v) is 4.23. The normalized spacial score (nSPS) is 14.4. The van der Waals surface area contributed by atoms with Gasteiger partial charge in [-0.1, -0.05) is 20.8 Å². The van der Waals surface area contributed by atoms with Crippen LogP contribution in [0.1, 0.15) is 33.6 Å². The largest absolute Gasteiger partial charge is 0.467 e. The van der Waals surface area contributed by atoms with Crippen LogP contribution in [0.3, 0.4) is 0 Å². The van der Waals surface area contributed by atoms with Crippen molar-refractivity contribution in [3.63, 3.8) is 0 Å². The summed E-state index contributed by atoms with van der Waals surface area (Å²) in [4.78, 5) is 23.0. The quantitative estimate of drug-likeness (QED) is 0.648. The third-order valence-electron chi connectivity index (χ3n) is 2.29. The first kappa shape index (κ1) is 14.9. The van der Waals surface area contributed by atoms with Gasteiger partial charge in [-0.3, -0.25) is 4.79 Å². The average Bonchev–Trinajstić information content (AvgIpc) is 2.25. The SMILES string of the molecule is CCC(N)C(=O)NC(CC(C)C)C(=O)OC. The molecule has 0 radical (unpaired) electrons. The van der Waals surface area contributed by atoms with Gasteiger partial charge in [-0.2, -0.15) is 0 Å². The summed E-state index contributed by atoms with van der Waals surface area (Å²) in [5, 5.41) is 2.61. The highest BCUT2D eigenvalue weighted by Crippen LogP contribution is 2.06. The lowest BCUT2D eigenvalue weighted by atomic mass is 10.0. The average molecular weight is 230 g/mol. The Morgan fingerprint density at radius 1 is 1.38 bits per heavy atom. The molecule has 0 saturated carbocycles. The molecular weight excluding hydrogens is 208 g/mol. The van der Waals surface area contributed by atoms with Crippen LogP contribution in [0.25, 0.3) is 0 Å². The van der Waals surface area contributed by atoms with Gasteiger partial charge in [0.15, 0.2) is 0 Å². The summed E-state index contributed by atoms with van der Waals surface area (Å²) in [6, 6.07) is -1.17. The van der Waals surface area contributed by atoms with Crippen molar-refractivity contribution in [2.45, 2.75) is 45.7 Å². The van der Waals surface area contributed by atoms with E-state index in [9.17, 15) is 9.59 Å². The van der Waals surface area contributed by atoms with Crippen molar-refractivity contribution in [1.29, 1.82) is 0 Å². The van der Waals surface area contributed by atoms with Gasteiger partial charge in [0.05, 0.1) is 13.2 Å². The zero-order chi connectivity index (χ0) is 12.7. The molecule has 5 heteroatoms. The highest BCUT2D eigenvalue weighted by molar-refractivity contribution is 5.87. The van der Waals surface area contributed by atoms with Gasteiger partial charge >= 0.3 is 5.97 Å². The molecule has 94 valence electrons. The first-order chi connectivity index (χ1) is 7.42. The summed E-state index contributed by atoms with van der Waals surface area (Å²) in [5.41, 5.74) is 5.57. The highest BCUT2D eigenvalue weighted by Gasteiger charge is 2.24. The lowest BCUT2D eigenvalue weighted by molar-refractivity contribution is -0.145. The van der Waals surface area contributed by atoms with Gasteiger partial charge in [-0.05, 0) is 18.8 Å². The summed E-state index contributed by atoms with van der Waals surface area (Å²) < 4.78 is 4.63. The monoisotopic (exact) mass is 230 g/mol. The van der Waals surface area contributed by atoms with Gasteiger partial charge in [0.1, 0.15) is 6.04 Å². The molecule has 16 heavy (non-hydrogen) atoms. The second-order valence-electron chi connectivity index (χ2n) is 4.23. The molecular formula is C11H22N2O3. The van der Waals surface area contributed by atoms with E-state index in [1.54, 1.807) is 0 Å². The number of nitrogens with one attached hydrogen (secondary N) is 1. The van der Waals surface area contributed by atoms with Crippen molar-refractivity contribution in [3.8, 4) is 0 Å². The van der Waals surface area contributed by atoms with E-state index in [0.717, 1.165) is 0 Å². The van der Waals surface area contributed by atoms with E-state index < -0.39 is 18.1 Å². The fraction of sp³-hybridized carbons (Fsp3) is 0.818. The Kier molecular flexibility index (Phi) is 6.72. The topological polar surface area (TPSA) is 81.4 Å². The summed E-state index contributed by atoms with van der Waals surface area (Å²) >= 11 is 0. The van der Waals surface area contributed by atoms with Gasteiger partial charge in [-0.15, -0.1) is 0 Å². The van der Waals surface area contributed by atoms with Crippen LogP contribution < -0.4 is 11.1 Å². The van der Waals surface area contributed by atoms with Gasteiger partial charge < -0.3 is 15.8 Å². The van der Waals surface area contributed by atoms with E-state index in [4.69, 9.17) is 5.73 Å². The minimum absolute atomic E-state index is 0.294. The Balaban J connectivity index is 4.42. The van der Waals surface area contributed by atoms with Crippen molar-refractivity contribution >= 4 is 11.9 Å². The minimum Gasteiger partial charge on any atom is -0.467 e. The van der Waals surface area contributed by atoms with E-state index in [1.165, 1.54) is 7.11 Å². The lowest BCUT2D eigenvalue weighted by Gasteiger charge is -2.20. The lowest BCUT2D eigenvalue weighted by Crippen LogP contribution is -2.49. The number of carbonyl (C=O) groups is 2. The zero-order valence-corrected chi connectivity index (χ0v) is 10.4. The van der Waals surface area contributed by atoms with Crippen molar-refractivity contribution in [3.05, 3.63) is 0 Å². The third kappa shape index (κ3) is 5.11. The first-order valence-electron chi connectivity index (χ1n) is 5.56. The number of nitrogens with two attached hydrogens (primary N) is 1. The third-order valence-corrected chi connectivity index (χ3v) is 2.29. The molecule has 0 aromatic rings. The number of carbonyl (C=O) groups excluding carboxylic acids is 2. The summed E-state index contributed by atoms with van der Waals surface area (Å²) in [5.74, 6) is -0.439. The number of amides is 1. The van der Waals surface area contributed by atoms with Gasteiger partial charge in [0, 0.05) is 0 Å². The molecule has 0 heterocycles. The van der Waals surface area contributed by atoms with Crippen molar-refractivity contribution in [2.75, 3.05) is 7.11 Å². The number of ether oxygens (including phenoxy) is 1. The molecule has 3 N–H and O–H groups in total. The molecule has 1 amide bonds. The fourth-order valence-electron chi connectivity index (χ4n) is 1.29. The van der Waals surface area contributed by atoms with Crippen LogP contribution in [-0.2, 0) is 14.3 Å². The van der Waals surface area contributed by atoms with E-state index in [2.05, 4.69) is 10.1 Å². The smallest absolute Gasteiger partial charge is 0.328 e. The standard InChI is InChI=1S/C11H22N2O3/c1-5-8(12)10(14)13-9(6-7(2)3)11(15)16-4/h7-9H,5-6,12H2,1-4H3,(H,13,14). The maximum atomic E-state index is 11.5. The van der Waals surface area contributed by atoms with Crippen molar-refractivity contribution in [2.24, 2.45) is 11.7 Å². The van der Waals surface area contributed by atoms with E-state index in [-0.39, 0.29) is 5.91 Å². The fourth-order valence-corrected chi connectivity index (χ4v) is 1.29. The van der Waals surface area contributed by atoms with E-state index in [0.29, 0.717) is 18.8 Å². The molecule has 0 fully saturated rings. The Bertz CT molecular complexity index is 241. The number of hydrogen-bond acceptors (Lipinski definition) is 4. The summed E-state index contributed by atoms with van der Waals surface area (Å²) in [6.07, 6.45) is 1.09. The van der Waals surface area contributed by atoms with Crippen LogP contribution in [-0.4, -0.2) is 31.1 Å². The Hall–Kier alpha value is -1.10. The molecule has 0 aliphatic carbocycles. The van der Waals surface area contributed by atoms with Crippen LogP contribution in [0, 0.1) is 5.92 Å². The van der Waals surface area contributed by atoms with Crippen molar-refractivity contribution in [1.82, 2.24) is 5.32 Å². The first-order valence-corrected chi connectivity index (χ1v) is 5.56. The molecule has 0 rings (SSSR count). The Morgan fingerprint density at radius 2 is 1.94 bits per heavy atom. The summed E-state index contributed by atoms with van der Waals surface area (Å²) in [7, 11) is 1.31. The number of rotatable bonds is 6. The molecule has 0 aromatic carbocycles. The molecule has 0 bridgehead atoms. The predicted molar refractivity (Wildman–Crippen MR) is 61.7 cm³/mol. The maximum Gasteiger partial charge on any atom is 0.328 e. The maximum absolute atomic E-state index is 11.5. The van der Waals surface area contributed by atoms with Crippen LogP contribution in [0.2, 0.25) is 0 Å². The van der Waals surface area contributed by atoms with Crippen LogP contribution in [0.5, 0.6) is 0 Å². The molecule has 2 unspecified atom stereocenters. The van der Waals surface area contributed by atoms with Gasteiger partial charge in [-0.25, -0.2) is 4.79 Å². The second kappa shape index (κ2) is 7.22. The minimum atomic E-state index is -0.602. The number of hydrogen-bond donors (Lipinski definition) is 2. The van der Waals surface area contributed by atoms with E-state index in [1.807, 2.05) is 20.8 Å². The molecule has 0 saturated heterocycles. The number of methoxy groups -OCH3 is 1. The highest BCUT2D eigenvalue weighted by atomic mass is 16.5. The van der Waals surface area contributed by atoms with Gasteiger partial charge in [0.25, 0.3) is 0 Å². The van der Waals surface area contributed by atoms with Crippen LogP contribution in [0.15, 0.2) is 0 Å². The van der Waals surface area contributed by atoms with Crippen LogP contribution in [0.4, 0.5) is 0 Å². The molecule has 0 aliphatic heterocycles. The summed E-state index contributed by atoms with van der Waals surface area (Å²) in [6.45, 7) is 5.77. The number of esters is 1. The zero-order valence-electron chi connectivity index (χ0n) is 10.4. The molecule has 0 spiro atoms. The molecule has 0 aromatic heterocycles. The van der Waals surface area contributed by atoms with Crippen LogP contribution >= 0.6 is 0 Å². The van der Waals surface area contributed by atoms with Gasteiger partial charge in [0.2, 0.25) is 5.91 Å². The Labute approximate surface area is 96.7 Å². The molecule has 5 nitrogen and oxygen atoms in total. The predicted octanol–water partition coefficient (Wildman–Crippen LogP) is 0.428. The molecule has 0 aliphatic rings. The Morgan fingerprint density at radius 3 is 2.31 bits per heavy atom. The van der Waals surface area contributed by atoms with E-state index >= 15 is 0 Å². The van der Waals surface area contributed by atoms with Crippen molar-refractivity contribution < 1.29 is 14.3 Å².